The summed E-state index contributed by atoms with van der Waals surface area (Å²) in [5, 5.41) is 17.6. The summed E-state index contributed by atoms with van der Waals surface area (Å²) in [5.41, 5.74) is -0.683. The first-order valence-electron chi connectivity index (χ1n) is 17.2. The van der Waals surface area contributed by atoms with E-state index in [0.29, 0.717) is 41.1 Å². The van der Waals surface area contributed by atoms with Crippen molar-refractivity contribution in [3.05, 3.63) is 41.8 Å². The number of carboxylic acid groups (broad SMARTS) is 1. The Kier molecular flexibility index (Phi) is 9.25. The van der Waals surface area contributed by atoms with Crippen molar-refractivity contribution in [3.8, 4) is 28.0 Å². The minimum absolute atomic E-state index is 0.0163. The number of carboxylic acids is 1. The molecular formula is C36H41N5O9S. The highest BCUT2D eigenvalue weighted by atomic mass is 32.1. The molecule has 1 aliphatic carbocycles. The fraction of sp³-hybridized carbons (Fsp3) is 0.500. The van der Waals surface area contributed by atoms with Crippen molar-refractivity contribution in [2.75, 3.05) is 13.3 Å². The Morgan fingerprint density at radius 2 is 1.88 bits per heavy atom. The van der Waals surface area contributed by atoms with Gasteiger partial charge in [0.15, 0.2) is 11.5 Å². The second-order valence-corrected chi connectivity index (χ2v) is 15.3. The molecule has 0 bridgehead atoms. The van der Waals surface area contributed by atoms with E-state index in [1.807, 2.05) is 29.7 Å². The SMILES string of the molecule is CC(C)(C)OC(=O)N[C@@H]1CCCCC/C=C\C2CC2(C(=O)O)NC(=O)C2C[C@@H](Oc3nc4cc5c(cc4nc3-c3cccs3)OCO5)CN2C1=O. The third kappa shape index (κ3) is 7.30. The Morgan fingerprint density at radius 3 is 2.59 bits per heavy atom. The van der Waals surface area contributed by atoms with Crippen molar-refractivity contribution in [1.29, 1.82) is 0 Å². The van der Waals surface area contributed by atoms with E-state index in [1.54, 1.807) is 32.9 Å². The maximum atomic E-state index is 14.4. The zero-order chi connectivity index (χ0) is 35.9. The first-order valence-corrected chi connectivity index (χ1v) is 18.1. The van der Waals surface area contributed by atoms with Crippen molar-refractivity contribution >= 4 is 46.2 Å². The highest BCUT2D eigenvalue weighted by molar-refractivity contribution is 7.13. The molecule has 1 saturated heterocycles. The first kappa shape index (κ1) is 34.5. The smallest absolute Gasteiger partial charge is 0.408 e. The van der Waals surface area contributed by atoms with Crippen LogP contribution in [0.25, 0.3) is 21.6 Å². The molecule has 0 radical (unpaired) electrons. The molecule has 0 spiro atoms. The Morgan fingerprint density at radius 1 is 1.12 bits per heavy atom. The minimum Gasteiger partial charge on any atom is -0.479 e. The summed E-state index contributed by atoms with van der Waals surface area (Å²) in [4.78, 5) is 65.8. The molecule has 1 aromatic carbocycles. The number of hydrogen-bond donors (Lipinski definition) is 3. The summed E-state index contributed by atoms with van der Waals surface area (Å²) < 4.78 is 23.1. The quantitative estimate of drug-likeness (QED) is 0.308. The van der Waals surface area contributed by atoms with Gasteiger partial charge in [-0.2, -0.15) is 0 Å². The first-order chi connectivity index (χ1) is 24.4. The number of allylic oxidation sites excluding steroid dienone is 1. The molecule has 3 unspecified atom stereocenters. The summed E-state index contributed by atoms with van der Waals surface area (Å²) in [6.45, 7) is 5.28. The molecule has 14 nitrogen and oxygen atoms in total. The van der Waals surface area contributed by atoms with Crippen molar-refractivity contribution in [1.82, 2.24) is 25.5 Å². The summed E-state index contributed by atoms with van der Waals surface area (Å²) in [6.07, 6.45) is 5.98. The lowest BCUT2D eigenvalue weighted by molar-refractivity contribution is -0.145. The van der Waals surface area contributed by atoms with Crippen LogP contribution in [-0.4, -0.2) is 86.5 Å². The molecule has 7 rings (SSSR count). The number of nitrogens with one attached hydrogen (secondary N) is 2. The number of aromatic nitrogens is 2. The van der Waals surface area contributed by atoms with E-state index in [2.05, 4.69) is 10.6 Å². The van der Waals surface area contributed by atoms with Crippen LogP contribution in [0.2, 0.25) is 0 Å². The molecule has 15 heteroatoms. The fourth-order valence-corrected chi connectivity index (χ4v) is 7.55. The van der Waals surface area contributed by atoms with E-state index in [9.17, 15) is 24.3 Å². The second-order valence-electron chi connectivity index (χ2n) is 14.4. The number of alkyl carbamates (subject to hydrolysis) is 1. The molecule has 3 aromatic rings. The second kappa shape index (κ2) is 13.7. The van der Waals surface area contributed by atoms with E-state index < -0.39 is 53.2 Å². The summed E-state index contributed by atoms with van der Waals surface area (Å²) in [5.74, 6) is -1.26. The van der Waals surface area contributed by atoms with Crippen molar-refractivity contribution in [3.63, 3.8) is 0 Å². The number of fused-ring (bicyclic) bond motifs is 4. The minimum atomic E-state index is -1.46. The van der Waals surface area contributed by atoms with Crippen LogP contribution in [0.1, 0.15) is 65.7 Å². The number of nitrogens with zero attached hydrogens (tertiary/aromatic N) is 3. The number of amides is 3. The van der Waals surface area contributed by atoms with Gasteiger partial charge in [0.25, 0.3) is 0 Å². The molecule has 51 heavy (non-hydrogen) atoms. The van der Waals surface area contributed by atoms with Crippen LogP contribution in [0.15, 0.2) is 41.8 Å². The Hall–Kier alpha value is -4.92. The molecule has 3 amide bonds. The number of aliphatic carboxylic acids is 1. The Bertz CT molecular complexity index is 1880. The highest BCUT2D eigenvalue weighted by Crippen LogP contribution is 2.46. The van der Waals surface area contributed by atoms with Gasteiger partial charge in [-0.1, -0.05) is 31.1 Å². The van der Waals surface area contributed by atoms with Gasteiger partial charge in [-0.15, -0.1) is 11.3 Å². The zero-order valence-electron chi connectivity index (χ0n) is 28.7. The number of benzene rings is 1. The fourth-order valence-electron chi connectivity index (χ4n) is 6.84. The largest absolute Gasteiger partial charge is 0.479 e. The molecule has 5 atom stereocenters. The highest BCUT2D eigenvalue weighted by Gasteiger charge is 2.61. The lowest BCUT2D eigenvalue weighted by Gasteiger charge is -2.30. The summed E-state index contributed by atoms with van der Waals surface area (Å²) in [6, 6.07) is 5.21. The predicted octanol–water partition coefficient (Wildman–Crippen LogP) is 4.81. The standard InChI is InChI=1S/C36H41N5O9S/c1-35(2,3)50-34(46)39-22-11-8-6-4-5-7-10-20-17-36(20,33(44)45)40-30(42)25-14-21(18-41(25)32(22)43)49-31-29(28-12-9-13-51-28)37-23-15-26-27(48-19-47-26)16-24(23)38-31/h7,9-10,12-13,15-16,20-22,25H,4-6,8,11,14,17-19H2,1-3H3,(H,39,46)(H,40,42)(H,44,45)/b10-7-/t20?,21-,22-,25?,36?/m1/s1. The van der Waals surface area contributed by atoms with Crippen molar-refractivity contribution in [2.24, 2.45) is 5.92 Å². The average molecular weight is 720 g/mol. The number of ether oxygens (including phenoxy) is 4. The maximum Gasteiger partial charge on any atom is 0.408 e. The number of hydrogen-bond acceptors (Lipinski definition) is 11. The topological polar surface area (TPSA) is 179 Å². The molecular weight excluding hydrogens is 678 g/mol. The van der Waals surface area contributed by atoms with Gasteiger partial charge < -0.3 is 39.6 Å². The van der Waals surface area contributed by atoms with E-state index in [-0.39, 0.29) is 38.0 Å². The Balaban J connectivity index is 1.22. The van der Waals surface area contributed by atoms with Gasteiger partial charge in [0.2, 0.25) is 24.5 Å². The molecule has 4 aliphatic rings. The Labute approximate surface area is 298 Å². The average Bonchev–Trinajstić information content (AvgIpc) is 3.52. The monoisotopic (exact) mass is 719 g/mol. The van der Waals surface area contributed by atoms with E-state index in [0.717, 1.165) is 24.1 Å². The molecule has 5 heterocycles. The van der Waals surface area contributed by atoms with Gasteiger partial charge in [0, 0.05) is 24.5 Å². The van der Waals surface area contributed by atoms with Gasteiger partial charge in [-0.25, -0.2) is 19.6 Å². The molecule has 270 valence electrons. The van der Waals surface area contributed by atoms with Gasteiger partial charge in [0.05, 0.1) is 22.5 Å². The van der Waals surface area contributed by atoms with Crippen LogP contribution in [0.5, 0.6) is 17.4 Å². The molecule has 1 saturated carbocycles. The van der Waals surface area contributed by atoms with Crippen LogP contribution < -0.4 is 24.8 Å². The number of carbonyl (C=O) groups excluding carboxylic acids is 3. The third-order valence-electron chi connectivity index (χ3n) is 9.47. The maximum absolute atomic E-state index is 14.4. The predicted molar refractivity (Wildman–Crippen MR) is 186 cm³/mol. The van der Waals surface area contributed by atoms with Crippen molar-refractivity contribution < 1.29 is 43.2 Å². The normalized spacial score (nSPS) is 27.0. The van der Waals surface area contributed by atoms with Crippen LogP contribution in [0.3, 0.4) is 0 Å². The van der Waals surface area contributed by atoms with E-state index >= 15 is 0 Å². The van der Waals surface area contributed by atoms with E-state index in [1.165, 1.54) is 16.2 Å². The van der Waals surface area contributed by atoms with Crippen LogP contribution in [-0.2, 0) is 19.1 Å². The molecule has 3 N–H and O–H groups in total. The summed E-state index contributed by atoms with van der Waals surface area (Å²) >= 11 is 1.46. The van der Waals surface area contributed by atoms with Gasteiger partial charge >= 0.3 is 12.1 Å². The lowest BCUT2D eigenvalue weighted by Crippen LogP contribution is -2.56. The summed E-state index contributed by atoms with van der Waals surface area (Å²) in [7, 11) is 0. The van der Waals surface area contributed by atoms with Gasteiger partial charge in [-0.05, 0) is 57.9 Å². The zero-order valence-corrected chi connectivity index (χ0v) is 29.5. The third-order valence-corrected chi connectivity index (χ3v) is 10.3. The van der Waals surface area contributed by atoms with Crippen molar-refractivity contribution in [2.45, 2.75) is 95.0 Å². The van der Waals surface area contributed by atoms with Crippen LogP contribution in [0.4, 0.5) is 4.79 Å². The number of thiophene rings is 1. The van der Waals surface area contributed by atoms with Crippen LogP contribution in [0, 0.1) is 5.92 Å². The molecule has 3 aliphatic heterocycles. The van der Waals surface area contributed by atoms with Gasteiger partial charge in [-0.3, -0.25) is 9.59 Å². The molecule has 2 aromatic heterocycles. The lowest BCUT2D eigenvalue weighted by atomic mass is 10.0. The van der Waals surface area contributed by atoms with E-state index in [4.69, 9.17) is 28.9 Å². The van der Waals surface area contributed by atoms with Gasteiger partial charge in [0.1, 0.15) is 35.0 Å². The molecule has 2 fully saturated rings. The number of rotatable bonds is 5. The number of carbonyl (C=O) groups is 4. The van der Waals surface area contributed by atoms with Crippen LogP contribution >= 0.6 is 11.3 Å².